The third-order valence-corrected chi connectivity index (χ3v) is 3.95. The number of nitriles is 1. The zero-order chi connectivity index (χ0) is 10.6. The van der Waals surface area contributed by atoms with Crippen molar-refractivity contribution in [3.63, 3.8) is 0 Å². The zero-order valence-electron chi connectivity index (χ0n) is 8.10. The van der Waals surface area contributed by atoms with Gasteiger partial charge in [-0.3, -0.25) is 0 Å². The summed E-state index contributed by atoms with van der Waals surface area (Å²) < 4.78 is 25.5. The smallest absolute Gasteiger partial charge is 0.211 e. The summed E-state index contributed by atoms with van der Waals surface area (Å²) in [4.78, 5) is 0. The van der Waals surface area contributed by atoms with Gasteiger partial charge < -0.3 is 0 Å². The van der Waals surface area contributed by atoms with Gasteiger partial charge in [0.2, 0.25) is 10.0 Å². The molecule has 0 radical (unpaired) electrons. The first-order valence-electron chi connectivity index (χ1n) is 4.62. The summed E-state index contributed by atoms with van der Waals surface area (Å²) in [5.41, 5.74) is 0. The van der Waals surface area contributed by atoms with E-state index in [9.17, 15) is 8.42 Å². The minimum absolute atomic E-state index is 0.0409. The minimum Gasteiger partial charge on any atom is -0.211 e. The Morgan fingerprint density at radius 3 is 2.79 bits per heavy atom. The first kappa shape index (κ1) is 11.2. The topological polar surface area (TPSA) is 70.0 Å². The lowest BCUT2D eigenvalue weighted by Crippen LogP contribution is -2.39. The summed E-state index contributed by atoms with van der Waals surface area (Å²) >= 11 is 0. The van der Waals surface area contributed by atoms with Crippen LogP contribution in [0, 0.1) is 11.3 Å². The van der Waals surface area contributed by atoms with Gasteiger partial charge >= 0.3 is 0 Å². The molecule has 0 saturated carbocycles. The van der Waals surface area contributed by atoms with Gasteiger partial charge in [0.05, 0.1) is 6.07 Å². The average molecular weight is 214 g/mol. The molecule has 1 rings (SSSR count). The minimum atomic E-state index is -3.45. The molecule has 1 aliphatic rings. The average Bonchev–Trinajstić information content (AvgIpc) is 2.17. The lowest BCUT2D eigenvalue weighted by Gasteiger charge is -2.19. The van der Waals surface area contributed by atoms with Crippen molar-refractivity contribution in [2.75, 3.05) is 0 Å². The van der Waals surface area contributed by atoms with Crippen molar-refractivity contribution >= 4 is 10.0 Å². The molecular weight excluding hydrogens is 200 g/mol. The molecule has 5 heteroatoms. The second-order valence-electron chi connectivity index (χ2n) is 3.42. The molecule has 0 fully saturated rings. The molecule has 0 saturated heterocycles. The van der Waals surface area contributed by atoms with Crippen molar-refractivity contribution in [2.45, 2.75) is 37.5 Å². The Morgan fingerprint density at radius 2 is 2.29 bits per heavy atom. The molecule has 0 aromatic heterocycles. The Hall–Kier alpha value is -0.860. The summed E-state index contributed by atoms with van der Waals surface area (Å²) in [6.07, 6.45) is 6.44. The van der Waals surface area contributed by atoms with Crippen LogP contribution in [0.25, 0.3) is 0 Å². The third-order valence-electron chi connectivity index (χ3n) is 2.25. The van der Waals surface area contributed by atoms with Crippen molar-refractivity contribution < 1.29 is 8.42 Å². The number of hydrogen-bond acceptors (Lipinski definition) is 3. The van der Waals surface area contributed by atoms with Gasteiger partial charge in [0.25, 0.3) is 0 Å². The van der Waals surface area contributed by atoms with E-state index in [1.165, 1.54) is 6.92 Å². The van der Waals surface area contributed by atoms with Gasteiger partial charge in [-0.25, -0.2) is 13.1 Å². The maximum Gasteiger partial charge on any atom is 0.227 e. The molecule has 2 unspecified atom stereocenters. The molecule has 14 heavy (non-hydrogen) atoms. The highest BCUT2D eigenvalue weighted by molar-refractivity contribution is 7.90. The zero-order valence-corrected chi connectivity index (χ0v) is 8.92. The molecule has 0 aliphatic heterocycles. The fourth-order valence-corrected chi connectivity index (χ4v) is 2.33. The Morgan fingerprint density at radius 1 is 1.57 bits per heavy atom. The van der Waals surface area contributed by atoms with Crippen LogP contribution in [-0.2, 0) is 10.0 Å². The van der Waals surface area contributed by atoms with E-state index in [2.05, 4.69) is 4.72 Å². The molecule has 1 N–H and O–H groups in total. The molecular formula is C9H14N2O2S. The SMILES string of the molecule is CC(C#N)S(=O)(=O)NC1CC=CCC1. The number of hydrogen-bond donors (Lipinski definition) is 1. The fourth-order valence-electron chi connectivity index (χ4n) is 1.30. The number of sulfonamides is 1. The first-order valence-corrected chi connectivity index (χ1v) is 6.16. The Balaban J connectivity index is 2.60. The molecule has 1 aliphatic carbocycles. The molecule has 78 valence electrons. The van der Waals surface area contributed by atoms with Crippen LogP contribution in [0.5, 0.6) is 0 Å². The van der Waals surface area contributed by atoms with Crippen LogP contribution < -0.4 is 4.72 Å². The largest absolute Gasteiger partial charge is 0.227 e. The predicted molar refractivity (Wildman–Crippen MR) is 53.9 cm³/mol. The van der Waals surface area contributed by atoms with E-state index in [4.69, 9.17) is 5.26 Å². The molecule has 4 nitrogen and oxygen atoms in total. The van der Waals surface area contributed by atoms with Crippen LogP contribution in [0.3, 0.4) is 0 Å². The normalized spacial score (nSPS) is 24.1. The number of nitrogens with one attached hydrogen (secondary N) is 1. The Bertz CT molecular complexity index is 353. The lowest BCUT2D eigenvalue weighted by atomic mass is 10.0. The van der Waals surface area contributed by atoms with E-state index in [1.54, 1.807) is 6.07 Å². The Labute approximate surface area is 84.7 Å². The Kier molecular flexibility index (Phi) is 3.67. The second kappa shape index (κ2) is 4.58. The van der Waals surface area contributed by atoms with Crippen LogP contribution in [-0.4, -0.2) is 19.7 Å². The highest BCUT2D eigenvalue weighted by Gasteiger charge is 2.23. The van der Waals surface area contributed by atoms with E-state index in [0.29, 0.717) is 0 Å². The summed E-state index contributed by atoms with van der Waals surface area (Å²) in [6, 6.07) is 1.69. The molecule has 0 bridgehead atoms. The molecule has 0 aromatic rings. The second-order valence-corrected chi connectivity index (χ2v) is 5.45. The lowest BCUT2D eigenvalue weighted by molar-refractivity contribution is 0.519. The molecule has 0 heterocycles. The number of allylic oxidation sites excluding steroid dienone is 1. The van der Waals surface area contributed by atoms with Crippen LogP contribution >= 0.6 is 0 Å². The third kappa shape index (κ3) is 2.82. The van der Waals surface area contributed by atoms with Crippen LogP contribution in [0.2, 0.25) is 0 Å². The van der Waals surface area contributed by atoms with Gasteiger partial charge in [-0.1, -0.05) is 12.2 Å². The number of rotatable bonds is 3. The first-order chi connectivity index (χ1) is 6.56. The van der Waals surface area contributed by atoms with Gasteiger partial charge in [-0.2, -0.15) is 5.26 Å². The van der Waals surface area contributed by atoms with Gasteiger partial charge in [0.15, 0.2) is 5.25 Å². The van der Waals surface area contributed by atoms with Crippen molar-refractivity contribution in [3.05, 3.63) is 12.2 Å². The van der Waals surface area contributed by atoms with Gasteiger partial charge in [0.1, 0.15) is 0 Å². The van der Waals surface area contributed by atoms with Crippen molar-refractivity contribution in [3.8, 4) is 6.07 Å². The maximum atomic E-state index is 11.5. The quantitative estimate of drug-likeness (QED) is 0.710. The fraction of sp³-hybridized carbons (Fsp3) is 0.667. The summed E-state index contributed by atoms with van der Waals surface area (Å²) in [7, 11) is -3.45. The van der Waals surface area contributed by atoms with Gasteiger partial charge in [-0.15, -0.1) is 0 Å². The highest BCUT2D eigenvalue weighted by Crippen LogP contribution is 2.12. The maximum absolute atomic E-state index is 11.5. The summed E-state index contributed by atoms with van der Waals surface area (Å²) in [5.74, 6) is 0. The van der Waals surface area contributed by atoms with Crippen molar-refractivity contribution in [2.24, 2.45) is 0 Å². The van der Waals surface area contributed by atoms with Gasteiger partial charge in [0, 0.05) is 6.04 Å². The monoisotopic (exact) mass is 214 g/mol. The van der Waals surface area contributed by atoms with E-state index in [0.717, 1.165) is 19.3 Å². The molecule has 0 amide bonds. The van der Waals surface area contributed by atoms with Crippen molar-refractivity contribution in [1.82, 2.24) is 4.72 Å². The van der Waals surface area contributed by atoms with E-state index < -0.39 is 15.3 Å². The highest BCUT2D eigenvalue weighted by atomic mass is 32.2. The molecule has 0 spiro atoms. The van der Waals surface area contributed by atoms with E-state index >= 15 is 0 Å². The van der Waals surface area contributed by atoms with E-state index in [-0.39, 0.29) is 6.04 Å². The molecule has 2 atom stereocenters. The van der Waals surface area contributed by atoms with E-state index in [1.807, 2.05) is 12.2 Å². The van der Waals surface area contributed by atoms with Gasteiger partial charge in [-0.05, 0) is 26.2 Å². The summed E-state index contributed by atoms with van der Waals surface area (Å²) in [6.45, 7) is 1.39. The van der Waals surface area contributed by atoms with Crippen molar-refractivity contribution in [1.29, 1.82) is 5.26 Å². The standard InChI is InChI=1S/C9H14N2O2S/c1-8(7-10)14(12,13)11-9-5-3-2-4-6-9/h2-3,8-9,11H,4-6H2,1H3. The van der Waals surface area contributed by atoms with Crippen LogP contribution in [0.15, 0.2) is 12.2 Å². The van der Waals surface area contributed by atoms with Crippen LogP contribution in [0.4, 0.5) is 0 Å². The predicted octanol–water partition coefficient (Wildman–Crippen LogP) is 0.927. The van der Waals surface area contributed by atoms with Crippen LogP contribution in [0.1, 0.15) is 26.2 Å². The summed E-state index contributed by atoms with van der Waals surface area (Å²) in [5, 5.41) is 7.54. The number of nitrogens with zero attached hydrogens (tertiary/aromatic N) is 1. The molecule has 0 aromatic carbocycles.